The van der Waals surface area contributed by atoms with Crippen LogP contribution in [0.3, 0.4) is 0 Å². The van der Waals surface area contributed by atoms with Crippen LogP contribution in [0.1, 0.15) is 39.5 Å². The van der Waals surface area contributed by atoms with Crippen molar-refractivity contribution in [3.63, 3.8) is 0 Å². The van der Waals surface area contributed by atoms with Gasteiger partial charge in [0.15, 0.2) is 5.13 Å². The number of esters is 1. The number of aliphatic hydroxyl groups excluding tert-OH is 1. The van der Waals surface area contributed by atoms with Gasteiger partial charge in [0.25, 0.3) is 5.78 Å². The van der Waals surface area contributed by atoms with Crippen LogP contribution in [0.4, 0.5) is 5.13 Å². The molecule has 2 aromatic carbocycles. The van der Waals surface area contributed by atoms with Crippen molar-refractivity contribution in [3.05, 3.63) is 86.9 Å². The molecular formula is C24H19ClN2O5S. The minimum atomic E-state index is -0.928. The summed E-state index contributed by atoms with van der Waals surface area (Å²) in [6.45, 7) is 3.52. The molecule has 0 bridgehead atoms. The lowest BCUT2D eigenvalue weighted by molar-refractivity contribution is -0.132. The van der Waals surface area contributed by atoms with Gasteiger partial charge in [0.2, 0.25) is 0 Å². The molecule has 0 radical (unpaired) electrons. The quantitative estimate of drug-likeness (QED) is 0.240. The first-order chi connectivity index (χ1) is 15.8. The fraction of sp³-hybridized carbons (Fsp3) is 0.167. The summed E-state index contributed by atoms with van der Waals surface area (Å²) in [5.41, 5.74) is 1.28. The zero-order valence-corrected chi connectivity index (χ0v) is 19.3. The molecule has 168 valence electrons. The summed E-state index contributed by atoms with van der Waals surface area (Å²) in [5, 5.41) is 11.7. The van der Waals surface area contributed by atoms with Gasteiger partial charge in [-0.3, -0.25) is 14.5 Å². The summed E-state index contributed by atoms with van der Waals surface area (Å²) in [6.07, 6.45) is 0. The van der Waals surface area contributed by atoms with Crippen molar-refractivity contribution in [2.45, 2.75) is 19.9 Å². The van der Waals surface area contributed by atoms with Crippen LogP contribution >= 0.6 is 22.9 Å². The SMILES string of the molecule is CCOC(=O)c1sc(N2C(=O)C(=O)/C(=C(\O)c3ccc(Cl)cc3)C2c2ccccc2)nc1C. The molecular weight excluding hydrogens is 464 g/mol. The number of Topliss-reactive ketones (excluding diaryl/α,β-unsaturated/α-hetero) is 1. The first kappa shape index (κ1) is 22.7. The zero-order valence-electron chi connectivity index (χ0n) is 17.7. The zero-order chi connectivity index (χ0) is 23.7. The van der Waals surface area contributed by atoms with E-state index in [9.17, 15) is 19.5 Å². The molecule has 3 aromatic rings. The third-order valence-electron chi connectivity index (χ3n) is 5.13. The van der Waals surface area contributed by atoms with Gasteiger partial charge in [-0.1, -0.05) is 53.3 Å². The maximum absolute atomic E-state index is 13.2. The molecule has 0 saturated carbocycles. The predicted molar refractivity (Wildman–Crippen MR) is 125 cm³/mol. The van der Waals surface area contributed by atoms with Gasteiger partial charge < -0.3 is 9.84 Å². The Morgan fingerprint density at radius 3 is 2.45 bits per heavy atom. The monoisotopic (exact) mass is 482 g/mol. The van der Waals surface area contributed by atoms with E-state index < -0.39 is 23.7 Å². The summed E-state index contributed by atoms with van der Waals surface area (Å²) in [4.78, 5) is 44.4. The Morgan fingerprint density at radius 1 is 1.15 bits per heavy atom. The van der Waals surface area contributed by atoms with Crippen molar-refractivity contribution >= 4 is 51.5 Å². The van der Waals surface area contributed by atoms with E-state index >= 15 is 0 Å². The van der Waals surface area contributed by atoms with Gasteiger partial charge in [-0.2, -0.15) is 0 Å². The third kappa shape index (κ3) is 4.15. The van der Waals surface area contributed by atoms with Gasteiger partial charge in [-0.15, -0.1) is 0 Å². The van der Waals surface area contributed by atoms with E-state index in [1.807, 2.05) is 0 Å². The number of ether oxygens (including phenoxy) is 1. The van der Waals surface area contributed by atoms with Crippen LogP contribution < -0.4 is 4.90 Å². The molecule has 33 heavy (non-hydrogen) atoms. The Kier molecular flexibility index (Phi) is 6.31. The average Bonchev–Trinajstić information content (AvgIpc) is 3.31. The number of aryl methyl sites for hydroxylation is 1. The van der Waals surface area contributed by atoms with E-state index in [0.29, 0.717) is 21.8 Å². The van der Waals surface area contributed by atoms with Crippen molar-refractivity contribution in [1.29, 1.82) is 0 Å². The number of anilines is 1. The number of benzene rings is 2. The lowest BCUT2D eigenvalue weighted by Crippen LogP contribution is -2.29. The summed E-state index contributed by atoms with van der Waals surface area (Å²) in [6, 6.07) is 14.2. The van der Waals surface area contributed by atoms with Crippen molar-refractivity contribution in [2.24, 2.45) is 0 Å². The molecule has 1 aromatic heterocycles. The van der Waals surface area contributed by atoms with E-state index in [2.05, 4.69) is 4.98 Å². The van der Waals surface area contributed by atoms with Crippen LogP contribution in [0.15, 0.2) is 60.2 Å². The smallest absolute Gasteiger partial charge is 0.350 e. The molecule has 9 heteroatoms. The number of aromatic nitrogens is 1. The Morgan fingerprint density at radius 2 is 1.82 bits per heavy atom. The highest BCUT2D eigenvalue weighted by Crippen LogP contribution is 2.43. The highest BCUT2D eigenvalue weighted by atomic mass is 35.5. The van der Waals surface area contributed by atoms with Gasteiger partial charge in [0, 0.05) is 10.6 Å². The number of hydrogen-bond acceptors (Lipinski definition) is 7. The number of halogens is 1. The molecule has 2 heterocycles. The Hall–Kier alpha value is -3.49. The highest BCUT2D eigenvalue weighted by Gasteiger charge is 2.48. The normalized spacial score (nSPS) is 17.4. The lowest BCUT2D eigenvalue weighted by Gasteiger charge is -2.22. The molecule has 0 aliphatic carbocycles. The third-order valence-corrected chi connectivity index (χ3v) is 6.52. The van der Waals surface area contributed by atoms with Crippen molar-refractivity contribution < 1.29 is 24.2 Å². The average molecular weight is 483 g/mol. The van der Waals surface area contributed by atoms with E-state index in [1.54, 1.807) is 68.4 Å². The molecule has 1 unspecified atom stereocenters. The van der Waals surface area contributed by atoms with Crippen molar-refractivity contribution in [3.8, 4) is 0 Å². The molecule has 1 saturated heterocycles. The van der Waals surface area contributed by atoms with Crippen LogP contribution in [0.2, 0.25) is 5.02 Å². The molecule has 1 aliphatic heterocycles. The lowest BCUT2D eigenvalue weighted by atomic mass is 9.95. The number of carbonyl (C=O) groups excluding carboxylic acids is 3. The molecule has 1 aliphatic rings. The van der Waals surface area contributed by atoms with Crippen LogP contribution in [0.25, 0.3) is 5.76 Å². The molecule has 1 N–H and O–H groups in total. The first-order valence-electron chi connectivity index (χ1n) is 10.1. The second-order valence-electron chi connectivity index (χ2n) is 7.22. The topological polar surface area (TPSA) is 96.8 Å². The number of amides is 1. The minimum absolute atomic E-state index is 0.0703. The number of hydrogen-bond donors (Lipinski definition) is 1. The number of rotatable bonds is 5. The number of carbonyl (C=O) groups is 3. The maximum atomic E-state index is 13.2. The number of ketones is 1. The Balaban J connectivity index is 1.89. The van der Waals surface area contributed by atoms with Gasteiger partial charge in [-0.25, -0.2) is 9.78 Å². The molecule has 7 nitrogen and oxygen atoms in total. The first-order valence-corrected chi connectivity index (χ1v) is 11.3. The summed E-state index contributed by atoms with van der Waals surface area (Å²) >= 11 is 6.92. The van der Waals surface area contributed by atoms with Crippen LogP contribution in [0, 0.1) is 6.92 Å². The van der Waals surface area contributed by atoms with Gasteiger partial charge in [-0.05, 0) is 43.7 Å². The maximum Gasteiger partial charge on any atom is 0.350 e. The van der Waals surface area contributed by atoms with E-state index in [4.69, 9.17) is 16.3 Å². The summed E-state index contributed by atoms with van der Waals surface area (Å²) in [5.74, 6) is -2.56. The van der Waals surface area contributed by atoms with Gasteiger partial charge in [0.05, 0.1) is 23.9 Å². The van der Waals surface area contributed by atoms with E-state index in [-0.39, 0.29) is 27.9 Å². The predicted octanol–water partition coefficient (Wildman–Crippen LogP) is 4.91. The van der Waals surface area contributed by atoms with E-state index in [0.717, 1.165) is 11.3 Å². The largest absolute Gasteiger partial charge is 0.507 e. The number of aliphatic hydroxyl groups is 1. The number of nitrogens with zero attached hydrogens (tertiary/aromatic N) is 2. The number of thiazole rings is 1. The van der Waals surface area contributed by atoms with Gasteiger partial charge in [0.1, 0.15) is 10.6 Å². The standard InChI is InChI=1S/C24H19ClN2O5S/c1-3-32-23(31)21-13(2)26-24(33-21)27-18(14-7-5-4-6-8-14)17(20(29)22(27)30)19(28)15-9-11-16(25)12-10-15/h4-12,18,28H,3H2,1-2H3/b19-17-. The van der Waals surface area contributed by atoms with E-state index in [1.165, 1.54) is 4.90 Å². The molecule has 1 atom stereocenters. The summed E-state index contributed by atoms with van der Waals surface area (Å²) < 4.78 is 5.07. The Labute approximate surface area is 198 Å². The molecule has 4 rings (SSSR count). The molecule has 1 amide bonds. The van der Waals surface area contributed by atoms with Crippen molar-refractivity contribution in [1.82, 2.24) is 4.98 Å². The minimum Gasteiger partial charge on any atom is -0.507 e. The van der Waals surface area contributed by atoms with Crippen molar-refractivity contribution in [2.75, 3.05) is 11.5 Å². The highest BCUT2D eigenvalue weighted by molar-refractivity contribution is 7.17. The van der Waals surface area contributed by atoms with Crippen LogP contribution in [0.5, 0.6) is 0 Å². The Bertz CT molecular complexity index is 1270. The summed E-state index contributed by atoms with van der Waals surface area (Å²) in [7, 11) is 0. The fourth-order valence-corrected chi connectivity index (χ4v) is 4.73. The second-order valence-corrected chi connectivity index (χ2v) is 8.63. The van der Waals surface area contributed by atoms with Crippen LogP contribution in [-0.4, -0.2) is 34.4 Å². The second kappa shape index (κ2) is 9.17. The molecule has 1 fully saturated rings. The van der Waals surface area contributed by atoms with Crippen LogP contribution in [-0.2, 0) is 14.3 Å². The fourth-order valence-electron chi connectivity index (χ4n) is 3.62. The molecule has 0 spiro atoms. The van der Waals surface area contributed by atoms with Gasteiger partial charge >= 0.3 is 11.9 Å².